The van der Waals surface area contributed by atoms with Crippen LogP contribution >= 0.6 is 0 Å². The molecule has 2 aliphatic carbocycles. The van der Waals surface area contributed by atoms with Gasteiger partial charge in [0.05, 0.1) is 0 Å². The third kappa shape index (κ3) is 5.39. The monoisotopic (exact) mass is 412 g/mol. The van der Waals surface area contributed by atoms with E-state index in [0.29, 0.717) is 18.0 Å². The van der Waals surface area contributed by atoms with Crippen molar-refractivity contribution in [2.45, 2.75) is 38.5 Å². The van der Waals surface area contributed by atoms with Crippen molar-refractivity contribution in [1.82, 2.24) is 15.1 Å². The number of hydrogen-bond donors (Lipinski definition) is 2. The predicted molar refractivity (Wildman–Crippen MR) is 115 cm³/mol. The van der Waals surface area contributed by atoms with Gasteiger partial charge in [-0.05, 0) is 49.9 Å². The van der Waals surface area contributed by atoms with Crippen LogP contribution in [0.2, 0.25) is 0 Å². The van der Waals surface area contributed by atoms with Gasteiger partial charge < -0.3 is 15.5 Å². The SMILES string of the molecule is O=C(NCCN1CCN(C(=O)C2CCCC2)CC1)c1ccc(NC(=O)C2CC2)cc1. The van der Waals surface area contributed by atoms with Crippen molar-refractivity contribution in [1.29, 1.82) is 0 Å². The minimum absolute atomic E-state index is 0.0669. The first-order chi connectivity index (χ1) is 14.6. The number of rotatable bonds is 7. The topological polar surface area (TPSA) is 81.8 Å². The van der Waals surface area contributed by atoms with Gasteiger partial charge in [0.1, 0.15) is 0 Å². The zero-order valence-electron chi connectivity index (χ0n) is 17.6. The average molecular weight is 413 g/mol. The number of hydrogen-bond acceptors (Lipinski definition) is 4. The molecule has 30 heavy (non-hydrogen) atoms. The van der Waals surface area contributed by atoms with E-state index >= 15 is 0 Å². The highest BCUT2D eigenvalue weighted by molar-refractivity contribution is 5.96. The number of amides is 3. The minimum Gasteiger partial charge on any atom is -0.351 e. The molecule has 0 aromatic heterocycles. The molecule has 1 saturated heterocycles. The Labute approximate surface area is 178 Å². The van der Waals surface area contributed by atoms with Crippen LogP contribution in [-0.2, 0) is 9.59 Å². The van der Waals surface area contributed by atoms with Gasteiger partial charge in [-0.3, -0.25) is 19.3 Å². The van der Waals surface area contributed by atoms with Crippen LogP contribution in [0, 0.1) is 11.8 Å². The fourth-order valence-corrected chi connectivity index (χ4v) is 4.35. The molecule has 0 unspecified atom stereocenters. The average Bonchev–Trinajstić information content (AvgIpc) is 3.48. The Morgan fingerprint density at radius 1 is 0.867 bits per heavy atom. The van der Waals surface area contributed by atoms with Crippen LogP contribution in [0.3, 0.4) is 0 Å². The summed E-state index contributed by atoms with van der Waals surface area (Å²) in [5, 5.41) is 5.85. The zero-order chi connectivity index (χ0) is 20.9. The molecule has 7 heteroatoms. The highest BCUT2D eigenvalue weighted by Gasteiger charge is 2.30. The smallest absolute Gasteiger partial charge is 0.251 e. The van der Waals surface area contributed by atoms with Crippen molar-refractivity contribution in [3.63, 3.8) is 0 Å². The van der Waals surface area contributed by atoms with E-state index in [1.165, 1.54) is 12.8 Å². The number of carbonyl (C=O) groups excluding carboxylic acids is 3. The van der Waals surface area contributed by atoms with Gasteiger partial charge in [0.15, 0.2) is 0 Å². The fourth-order valence-electron chi connectivity index (χ4n) is 4.35. The molecule has 0 radical (unpaired) electrons. The molecule has 4 rings (SSSR count). The second kappa shape index (κ2) is 9.60. The Bertz CT molecular complexity index is 761. The van der Waals surface area contributed by atoms with Crippen LogP contribution in [0.25, 0.3) is 0 Å². The number of nitrogens with one attached hydrogen (secondary N) is 2. The lowest BCUT2D eigenvalue weighted by Crippen LogP contribution is -2.51. The molecule has 3 aliphatic rings. The third-order valence-corrected chi connectivity index (χ3v) is 6.46. The van der Waals surface area contributed by atoms with E-state index in [2.05, 4.69) is 15.5 Å². The van der Waals surface area contributed by atoms with Crippen molar-refractivity contribution < 1.29 is 14.4 Å². The first-order valence-corrected chi connectivity index (χ1v) is 11.3. The predicted octanol–water partition coefficient (Wildman–Crippen LogP) is 2.10. The molecule has 7 nitrogen and oxygen atoms in total. The Morgan fingerprint density at radius 3 is 2.17 bits per heavy atom. The molecule has 1 heterocycles. The lowest BCUT2D eigenvalue weighted by Gasteiger charge is -2.36. The van der Waals surface area contributed by atoms with Gasteiger partial charge in [-0.1, -0.05) is 12.8 Å². The molecule has 3 fully saturated rings. The first kappa shape index (κ1) is 20.8. The third-order valence-electron chi connectivity index (χ3n) is 6.46. The summed E-state index contributed by atoms with van der Waals surface area (Å²) in [6.45, 7) is 4.67. The Morgan fingerprint density at radius 2 is 1.53 bits per heavy atom. The number of carbonyl (C=O) groups is 3. The van der Waals surface area contributed by atoms with Crippen LogP contribution in [0.15, 0.2) is 24.3 Å². The van der Waals surface area contributed by atoms with Gasteiger partial charge in [-0.15, -0.1) is 0 Å². The Balaban J connectivity index is 1.14. The summed E-state index contributed by atoms with van der Waals surface area (Å²) in [5.41, 5.74) is 1.32. The summed E-state index contributed by atoms with van der Waals surface area (Å²) >= 11 is 0. The van der Waals surface area contributed by atoms with Crippen LogP contribution in [0.5, 0.6) is 0 Å². The van der Waals surface area contributed by atoms with E-state index in [4.69, 9.17) is 0 Å². The van der Waals surface area contributed by atoms with Crippen molar-refractivity contribution >= 4 is 23.4 Å². The Kier molecular flexibility index (Phi) is 6.67. The Hall–Kier alpha value is -2.41. The van der Waals surface area contributed by atoms with E-state index in [-0.39, 0.29) is 23.7 Å². The fraction of sp³-hybridized carbons (Fsp3) is 0.609. The number of anilines is 1. The second-order valence-corrected chi connectivity index (χ2v) is 8.75. The van der Waals surface area contributed by atoms with E-state index in [0.717, 1.165) is 64.1 Å². The van der Waals surface area contributed by atoms with Crippen LogP contribution in [0.4, 0.5) is 5.69 Å². The van der Waals surface area contributed by atoms with Crippen LogP contribution in [0.1, 0.15) is 48.9 Å². The molecule has 2 saturated carbocycles. The van der Waals surface area contributed by atoms with Gasteiger partial charge in [-0.2, -0.15) is 0 Å². The summed E-state index contributed by atoms with van der Waals surface area (Å²) in [7, 11) is 0. The number of piperazine rings is 1. The highest BCUT2D eigenvalue weighted by Crippen LogP contribution is 2.30. The summed E-state index contributed by atoms with van der Waals surface area (Å²) in [6, 6.07) is 7.03. The quantitative estimate of drug-likeness (QED) is 0.719. The lowest BCUT2D eigenvalue weighted by atomic mass is 10.1. The maximum Gasteiger partial charge on any atom is 0.251 e. The molecule has 0 spiro atoms. The van der Waals surface area contributed by atoms with Gasteiger partial charge >= 0.3 is 0 Å². The van der Waals surface area contributed by atoms with Gasteiger partial charge in [0, 0.05) is 62.4 Å². The highest BCUT2D eigenvalue weighted by atomic mass is 16.2. The van der Waals surface area contributed by atoms with E-state index in [1.807, 2.05) is 4.90 Å². The van der Waals surface area contributed by atoms with Gasteiger partial charge in [0.25, 0.3) is 5.91 Å². The molecular weight excluding hydrogens is 380 g/mol. The second-order valence-electron chi connectivity index (χ2n) is 8.75. The zero-order valence-corrected chi connectivity index (χ0v) is 17.6. The van der Waals surface area contributed by atoms with E-state index in [1.54, 1.807) is 24.3 Å². The van der Waals surface area contributed by atoms with Crippen molar-refractivity contribution in [2.24, 2.45) is 11.8 Å². The van der Waals surface area contributed by atoms with E-state index < -0.39 is 0 Å². The van der Waals surface area contributed by atoms with Crippen molar-refractivity contribution in [3.05, 3.63) is 29.8 Å². The van der Waals surface area contributed by atoms with E-state index in [9.17, 15) is 14.4 Å². The van der Waals surface area contributed by atoms with Gasteiger partial charge in [-0.25, -0.2) is 0 Å². The minimum atomic E-state index is -0.106. The summed E-state index contributed by atoms with van der Waals surface area (Å²) < 4.78 is 0. The van der Waals surface area contributed by atoms with Crippen molar-refractivity contribution in [3.8, 4) is 0 Å². The molecule has 0 atom stereocenters. The molecule has 2 N–H and O–H groups in total. The maximum absolute atomic E-state index is 12.5. The molecular formula is C23H32N4O3. The largest absolute Gasteiger partial charge is 0.351 e. The first-order valence-electron chi connectivity index (χ1n) is 11.3. The maximum atomic E-state index is 12.5. The molecule has 0 bridgehead atoms. The normalized spacial score (nSPS) is 20.2. The number of benzene rings is 1. The molecule has 1 aromatic rings. The standard InChI is InChI=1S/C23H32N4O3/c28-21(17-7-9-20(10-8-17)25-22(29)18-5-6-18)24-11-12-26-13-15-27(16-14-26)23(30)19-3-1-2-4-19/h7-10,18-19H,1-6,11-16H2,(H,24,28)(H,25,29). The summed E-state index contributed by atoms with van der Waals surface area (Å²) in [6.07, 6.45) is 6.43. The molecule has 1 aromatic carbocycles. The molecule has 162 valence electrons. The van der Waals surface area contributed by atoms with Crippen LogP contribution < -0.4 is 10.6 Å². The number of nitrogens with zero attached hydrogens (tertiary/aromatic N) is 2. The van der Waals surface area contributed by atoms with Crippen LogP contribution in [-0.4, -0.2) is 66.8 Å². The van der Waals surface area contributed by atoms with Crippen molar-refractivity contribution in [2.75, 3.05) is 44.6 Å². The lowest BCUT2D eigenvalue weighted by molar-refractivity contribution is -0.137. The summed E-state index contributed by atoms with van der Waals surface area (Å²) in [4.78, 5) is 41.0. The molecule has 3 amide bonds. The molecule has 1 aliphatic heterocycles. The van der Waals surface area contributed by atoms with Gasteiger partial charge in [0.2, 0.25) is 11.8 Å². The summed E-state index contributed by atoms with van der Waals surface area (Å²) in [5.74, 6) is 0.722.